The highest BCUT2D eigenvalue weighted by atomic mass is 16.2. The van der Waals surface area contributed by atoms with Crippen LogP contribution in [0.15, 0.2) is 12.4 Å². The first-order valence-corrected chi connectivity index (χ1v) is 5.82. The van der Waals surface area contributed by atoms with Gasteiger partial charge >= 0.3 is 0 Å². The summed E-state index contributed by atoms with van der Waals surface area (Å²) in [4.78, 5) is 22.4. The van der Waals surface area contributed by atoms with Crippen molar-refractivity contribution in [3.63, 3.8) is 0 Å². The molecule has 2 heterocycles. The lowest BCUT2D eigenvalue weighted by Gasteiger charge is -2.42. The first-order chi connectivity index (χ1) is 8.00. The van der Waals surface area contributed by atoms with E-state index in [2.05, 4.69) is 29.1 Å². The smallest absolute Gasteiger partial charge is 0.274 e. The molecule has 0 spiro atoms. The number of nitrogens with one attached hydrogen (secondary N) is 1. The molecule has 1 aromatic rings. The minimum atomic E-state index is -0.179. The first kappa shape index (κ1) is 12.0. The second-order valence-electron chi connectivity index (χ2n) is 4.99. The van der Waals surface area contributed by atoms with Crippen LogP contribution in [-0.2, 0) is 0 Å². The molecule has 0 aliphatic carbocycles. The molecule has 0 saturated carbocycles. The van der Waals surface area contributed by atoms with Gasteiger partial charge in [-0.25, -0.2) is 4.98 Å². The van der Waals surface area contributed by atoms with Crippen LogP contribution in [0.4, 0.5) is 0 Å². The number of hydrogen-bond donors (Lipinski definition) is 1. The molecule has 5 heteroatoms. The summed E-state index contributed by atoms with van der Waals surface area (Å²) >= 11 is 0. The van der Waals surface area contributed by atoms with Crippen molar-refractivity contribution in [3.8, 4) is 0 Å². The Morgan fingerprint density at radius 2 is 2.18 bits per heavy atom. The average molecular weight is 234 g/mol. The third kappa shape index (κ3) is 2.44. The van der Waals surface area contributed by atoms with Crippen LogP contribution in [0, 0.1) is 6.92 Å². The summed E-state index contributed by atoms with van der Waals surface area (Å²) in [5, 5.41) is 3.29. The third-order valence-electron chi connectivity index (χ3n) is 3.05. The van der Waals surface area contributed by atoms with Crippen molar-refractivity contribution < 1.29 is 4.79 Å². The van der Waals surface area contributed by atoms with E-state index in [1.807, 2.05) is 11.8 Å². The van der Waals surface area contributed by atoms with E-state index in [9.17, 15) is 4.79 Å². The van der Waals surface area contributed by atoms with Gasteiger partial charge in [-0.1, -0.05) is 0 Å². The fraction of sp³-hybridized carbons (Fsp3) is 0.583. The molecule has 1 aliphatic rings. The molecule has 0 atom stereocenters. The Hall–Kier alpha value is -1.49. The van der Waals surface area contributed by atoms with Crippen molar-refractivity contribution in [2.24, 2.45) is 0 Å². The standard InChI is InChI=1S/C12H18N4O/c1-9-6-15-10(7-14-9)11(17)16-5-4-13-8-12(16,2)3/h6-7,13H,4-5,8H2,1-3H3. The topological polar surface area (TPSA) is 58.1 Å². The SMILES string of the molecule is Cc1cnc(C(=O)N2CCNCC2(C)C)cn1. The largest absolute Gasteiger partial charge is 0.330 e. The Balaban J connectivity index is 2.21. The molecule has 92 valence electrons. The predicted octanol–water partition coefficient (Wildman–Crippen LogP) is 0.609. The summed E-state index contributed by atoms with van der Waals surface area (Å²) in [6.45, 7) is 8.31. The van der Waals surface area contributed by atoms with Gasteiger partial charge in [-0.15, -0.1) is 0 Å². The summed E-state index contributed by atoms with van der Waals surface area (Å²) in [5.41, 5.74) is 1.06. The lowest BCUT2D eigenvalue weighted by atomic mass is 10.00. The highest BCUT2D eigenvalue weighted by Crippen LogP contribution is 2.18. The number of carbonyl (C=O) groups excluding carboxylic acids is 1. The van der Waals surface area contributed by atoms with Crippen LogP contribution in [-0.4, -0.2) is 45.9 Å². The quantitative estimate of drug-likeness (QED) is 0.773. The second kappa shape index (κ2) is 4.41. The Labute approximate surface area is 101 Å². The molecule has 0 bridgehead atoms. The number of carbonyl (C=O) groups is 1. The Morgan fingerprint density at radius 3 is 2.76 bits per heavy atom. The van der Waals surface area contributed by atoms with E-state index < -0.39 is 0 Å². The number of amides is 1. The number of aromatic nitrogens is 2. The van der Waals surface area contributed by atoms with Crippen LogP contribution < -0.4 is 5.32 Å². The van der Waals surface area contributed by atoms with Gasteiger partial charge < -0.3 is 10.2 Å². The number of rotatable bonds is 1. The van der Waals surface area contributed by atoms with Crippen LogP contribution in [0.1, 0.15) is 30.0 Å². The monoisotopic (exact) mass is 234 g/mol. The normalized spacial score (nSPS) is 19.1. The molecule has 1 saturated heterocycles. The fourth-order valence-electron chi connectivity index (χ4n) is 2.00. The Morgan fingerprint density at radius 1 is 1.41 bits per heavy atom. The summed E-state index contributed by atoms with van der Waals surface area (Å²) < 4.78 is 0. The third-order valence-corrected chi connectivity index (χ3v) is 3.05. The zero-order valence-electron chi connectivity index (χ0n) is 10.5. The second-order valence-corrected chi connectivity index (χ2v) is 4.99. The molecule has 0 unspecified atom stereocenters. The molecule has 0 radical (unpaired) electrons. The summed E-state index contributed by atoms with van der Waals surface area (Å²) in [5.74, 6) is -0.0380. The van der Waals surface area contributed by atoms with E-state index in [0.717, 1.165) is 18.8 Å². The van der Waals surface area contributed by atoms with Crippen LogP contribution in [0.25, 0.3) is 0 Å². The van der Waals surface area contributed by atoms with Gasteiger partial charge in [-0.2, -0.15) is 0 Å². The Kier molecular flexibility index (Phi) is 3.11. The molecule has 1 fully saturated rings. The number of nitrogens with zero attached hydrogens (tertiary/aromatic N) is 3. The lowest BCUT2D eigenvalue weighted by molar-refractivity contribution is 0.0471. The van der Waals surface area contributed by atoms with Gasteiger partial charge in [0, 0.05) is 25.8 Å². The van der Waals surface area contributed by atoms with E-state index >= 15 is 0 Å². The molecule has 2 rings (SSSR count). The predicted molar refractivity (Wildman–Crippen MR) is 64.8 cm³/mol. The molecule has 5 nitrogen and oxygen atoms in total. The maximum atomic E-state index is 12.3. The van der Waals surface area contributed by atoms with Gasteiger partial charge in [0.25, 0.3) is 5.91 Å². The van der Waals surface area contributed by atoms with E-state index in [4.69, 9.17) is 0 Å². The van der Waals surface area contributed by atoms with Crippen LogP contribution >= 0.6 is 0 Å². The molecular weight excluding hydrogens is 216 g/mol. The number of aryl methyl sites for hydroxylation is 1. The molecule has 1 aliphatic heterocycles. The summed E-state index contributed by atoms with van der Waals surface area (Å²) in [6, 6.07) is 0. The number of piperazine rings is 1. The van der Waals surface area contributed by atoms with Crippen LogP contribution in [0.5, 0.6) is 0 Å². The van der Waals surface area contributed by atoms with Gasteiger partial charge in [-0.3, -0.25) is 9.78 Å². The van der Waals surface area contributed by atoms with Gasteiger partial charge in [0.1, 0.15) is 5.69 Å². The van der Waals surface area contributed by atoms with Crippen molar-refractivity contribution in [1.29, 1.82) is 0 Å². The minimum Gasteiger partial charge on any atom is -0.330 e. The molecular formula is C12H18N4O. The summed E-state index contributed by atoms with van der Waals surface area (Å²) in [6.07, 6.45) is 3.18. The van der Waals surface area contributed by atoms with E-state index in [0.29, 0.717) is 12.2 Å². The highest BCUT2D eigenvalue weighted by molar-refractivity contribution is 5.92. The van der Waals surface area contributed by atoms with Crippen molar-refractivity contribution in [2.75, 3.05) is 19.6 Å². The van der Waals surface area contributed by atoms with Crippen molar-refractivity contribution in [3.05, 3.63) is 23.8 Å². The van der Waals surface area contributed by atoms with Crippen LogP contribution in [0.3, 0.4) is 0 Å². The van der Waals surface area contributed by atoms with Gasteiger partial charge in [-0.05, 0) is 20.8 Å². The zero-order valence-corrected chi connectivity index (χ0v) is 10.5. The van der Waals surface area contributed by atoms with E-state index in [-0.39, 0.29) is 11.4 Å². The van der Waals surface area contributed by atoms with Gasteiger partial charge in [0.2, 0.25) is 0 Å². The Bertz CT molecular complexity index is 413. The maximum Gasteiger partial charge on any atom is 0.274 e. The van der Waals surface area contributed by atoms with Gasteiger partial charge in [0.05, 0.1) is 17.4 Å². The first-order valence-electron chi connectivity index (χ1n) is 5.82. The minimum absolute atomic E-state index is 0.0380. The number of hydrogen-bond acceptors (Lipinski definition) is 4. The van der Waals surface area contributed by atoms with Crippen LogP contribution in [0.2, 0.25) is 0 Å². The van der Waals surface area contributed by atoms with Crippen molar-refractivity contribution >= 4 is 5.91 Å². The molecule has 1 aromatic heterocycles. The molecule has 17 heavy (non-hydrogen) atoms. The zero-order chi connectivity index (χ0) is 12.5. The fourth-order valence-corrected chi connectivity index (χ4v) is 2.00. The van der Waals surface area contributed by atoms with Crippen molar-refractivity contribution in [1.82, 2.24) is 20.2 Å². The lowest BCUT2D eigenvalue weighted by Crippen LogP contribution is -2.60. The van der Waals surface area contributed by atoms with Gasteiger partial charge in [0.15, 0.2) is 0 Å². The summed E-state index contributed by atoms with van der Waals surface area (Å²) in [7, 11) is 0. The van der Waals surface area contributed by atoms with E-state index in [1.54, 1.807) is 12.4 Å². The van der Waals surface area contributed by atoms with Crippen molar-refractivity contribution in [2.45, 2.75) is 26.3 Å². The average Bonchev–Trinajstić information content (AvgIpc) is 2.28. The molecule has 1 N–H and O–H groups in total. The molecule has 0 aromatic carbocycles. The molecule has 1 amide bonds. The maximum absolute atomic E-state index is 12.3. The van der Waals surface area contributed by atoms with E-state index in [1.165, 1.54) is 0 Å². The highest BCUT2D eigenvalue weighted by Gasteiger charge is 2.34.